The number of amides is 1. The van der Waals surface area contributed by atoms with Gasteiger partial charge in [-0.15, -0.1) is 0 Å². The molecule has 0 fully saturated rings. The first-order valence-corrected chi connectivity index (χ1v) is 9.55. The maximum Gasteiger partial charge on any atom is 0.340 e. The molecule has 1 heterocycles. The number of carbonyl (C=O) groups excluding carboxylic acids is 2. The third-order valence-corrected chi connectivity index (χ3v) is 5.04. The first-order chi connectivity index (χ1) is 12.9. The SMILES string of the molecule is CCOC(=O)C1=C(C)N(c2ccc(Br)cc2)C(=O)/C1=C\c1ccccc1Cl. The molecule has 0 aliphatic carbocycles. The predicted octanol–water partition coefficient (Wildman–Crippen LogP) is 5.37. The van der Waals surface area contributed by atoms with Gasteiger partial charge >= 0.3 is 5.97 Å². The van der Waals surface area contributed by atoms with Gasteiger partial charge < -0.3 is 4.74 Å². The molecular weight excluding hydrogens is 430 g/mol. The molecule has 0 radical (unpaired) electrons. The minimum Gasteiger partial charge on any atom is -0.462 e. The topological polar surface area (TPSA) is 46.6 Å². The van der Waals surface area contributed by atoms with Gasteiger partial charge in [-0.2, -0.15) is 0 Å². The fourth-order valence-electron chi connectivity index (χ4n) is 2.93. The lowest BCUT2D eigenvalue weighted by Crippen LogP contribution is -2.24. The van der Waals surface area contributed by atoms with Crippen molar-refractivity contribution >= 4 is 51.2 Å². The molecule has 0 saturated heterocycles. The van der Waals surface area contributed by atoms with Crippen molar-refractivity contribution in [2.45, 2.75) is 13.8 Å². The molecule has 0 bridgehead atoms. The van der Waals surface area contributed by atoms with Crippen LogP contribution in [0.1, 0.15) is 19.4 Å². The third-order valence-electron chi connectivity index (χ3n) is 4.17. The predicted molar refractivity (Wildman–Crippen MR) is 110 cm³/mol. The average Bonchev–Trinajstić information content (AvgIpc) is 2.88. The molecule has 3 rings (SSSR count). The molecule has 0 N–H and O–H groups in total. The van der Waals surface area contributed by atoms with Gasteiger partial charge in [-0.25, -0.2) is 4.79 Å². The Bertz CT molecular complexity index is 964. The van der Waals surface area contributed by atoms with Crippen molar-refractivity contribution in [2.75, 3.05) is 11.5 Å². The summed E-state index contributed by atoms with van der Waals surface area (Å²) in [6, 6.07) is 14.5. The lowest BCUT2D eigenvalue weighted by molar-refractivity contribution is -0.138. The number of halogens is 2. The Balaban J connectivity index is 2.14. The number of benzene rings is 2. The van der Waals surface area contributed by atoms with Crippen LogP contribution in [0.15, 0.2) is 69.8 Å². The van der Waals surface area contributed by atoms with Crippen LogP contribution in [0.25, 0.3) is 6.08 Å². The molecule has 1 aliphatic rings. The van der Waals surface area contributed by atoms with Crippen LogP contribution < -0.4 is 4.90 Å². The maximum absolute atomic E-state index is 13.2. The van der Waals surface area contributed by atoms with E-state index in [0.29, 0.717) is 22.0 Å². The quantitative estimate of drug-likeness (QED) is 0.468. The summed E-state index contributed by atoms with van der Waals surface area (Å²) < 4.78 is 6.09. The van der Waals surface area contributed by atoms with E-state index < -0.39 is 5.97 Å². The van der Waals surface area contributed by atoms with Crippen LogP contribution in [0.5, 0.6) is 0 Å². The second kappa shape index (κ2) is 8.11. The Morgan fingerprint density at radius 1 is 1.19 bits per heavy atom. The van der Waals surface area contributed by atoms with Crippen LogP contribution in [0.2, 0.25) is 5.02 Å². The van der Waals surface area contributed by atoms with Crippen molar-refractivity contribution in [1.29, 1.82) is 0 Å². The Hall–Kier alpha value is -2.37. The smallest absolute Gasteiger partial charge is 0.340 e. The fraction of sp³-hybridized carbons (Fsp3) is 0.143. The highest BCUT2D eigenvalue weighted by Crippen LogP contribution is 2.36. The molecular formula is C21H17BrClNO3. The van der Waals surface area contributed by atoms with Crippen LogP contribution in [0.3, 0.4) is 0 Å². The molecule has 6 heteroatoms. The Morgan fingerprint density at radius 2 is 1.85 bits per heavy atom. The van der Waals surface area contributed by atoms with Gasteiger partial charge in [0.1, 0.15) is 0 Å². The van der Waals surface area contributed by atoms with Gasteiger partial charge in [-0.05, 0) is 55.8 Å². The normalized spacial score (nSPS) is 15.6. The molecule has 0 spiro atoms. The number of carbonyl (C=O) groups is 2. The van der Waals surface area contributed by atoms with Crippen molar-refractivity contribution in [1.82, 2.24) is 0 Å². The summed E-state index contributed by atoms with van der Waals surface area (Å²) in [7, 11) is 0. The highest BCUT2D eigenvalue weighted by Gasteiger charge is 2.38. The van der Waals surface area contributed by atoms with E-state index in [0.717, 1.165) is 4.47 Å². The van der Waals surface area contributed by atoms with E-state index in [4.69, 9.17) is 16.3 Å². The van der Waals surface area contributed by atoms with E-state index in [1.165, 1.54) is 4.90 Å². The van der Waals surface area contributed by atoms with Crippen LogP contribution in [0, 0.1) is 0 Å². The molecule has 138 valence electrons. The molecule has 1 amide bonds. The van der Waals surface area contributed by atoms with Crippen molar-refractivity contribution < 1.29 is 14.3 Å². The van der Waals surface area contributed by atoms with E-state index in [-0.39, 0.29) is 23.7 Å². The molecule has 4 nitrogen and oxygen atoms in total. The molecule has 0 unspecified atom stereocenters. The standard InChI is InChI=1S/C21H17BrClNO3/c1-3-27-21(26)19-13(2)24(16-10-8-15(22)9-11-16)20(25)17(19)12-14-6-4-5-7-18(14)23/h4-12H,3H2,1-2H3/b17-12-. The maximum atomic E-state index is 13.2. The molecule has 2 aromatic carbocycles. The number of anilines is 1. The summed E-state index contributed by atoms with van der Waals surface area (Å²) in [5, 5.41) is 0.501. The summed E-state index contributed by atoms with van der Waals surface area (Å²) in [5.41, 5.74) is 2.38. The minimum absolute atomic E-state index is 0.224. The average molecular weight is 447 g/mol. The first kappa shape index (κ1) is 19.4. The van der Waals surface area contributed by atoms with Crippen molar-refractivity contribution in [3.05, 3.63) is 80.4 Å². The molecule has 2 aromatic rings. The highest BCUT2D eigenvalue weighted by molar-refractivity contribution is 9.10. The number of esters is 1. The van der Waals surface area contributed by atoms with Crippen LogP contribution >= 0.6 is 27.5 Å². The number of allylic oxidation sites excluding steroid dienone is 1. The van der Waals surface area contributed by atoms with Crippen LogP contribution in [-0.4, -0.2) is 18.5 Å². The summed E-state index contributed by atoms with van der Waals surface area (Å²) in [6.45, 7) is 3.69. The minimum atomic E-state index is -0.527. The lowest BCUT2D eigenvalue weighted by Gasteiger charge is -2.18. The van der Waals surface area contributed by atoms with E-state index in [1.807, 2.05) is 36.4 Å². The highest BCUT2D eigenvalue weighted by atomic mass is 79.9. The molecule has 27 heavy (non-hydrogen) atoms. The second-order valence-corrected chi connectivity index (χ2v) is 7.20. The summed E-state index contributed by atoms with van der Waals surface area (Å²) in [5.74, 6) is -0.820. The Kier molecular flexibility index (Phi) is 5.82. The van der Waals surface area contributed by atoms with Gasteiger partial charge in [0.2, 0.25) is 0 Å². The van der Waals surface area contributed by atoms with Crippen molar-refractivity contribution in [2.24, 2.45) is 0 Å². The zero-order valence-corrected chi connectivity index (χ0v) is 17.2. The van der Waals surface area contributed by atoms with E-state index in [2.05, 4.69) is 15.9 Å². The van der Waals surface area contributed by atoms with E-state index in [1.54, 1.807) is 32.1 Å². The molecule has 0 atom stereocenters. The van der Waals surface area contributed by atoms with Crippen molar-refractivity contribution in [3.63, 3.8) is 0 Å². The van der Waals surface area contributed by atoms with Gasteiger partial charge in [0.05, 0.1) is 17.8 Å². The number of rotatable bonds is 4. The molecule has 0 saturated carbocycles. The van der Waals surface area contributed by atoms with Gasteiger partial charge in [0.25, 0.3) is 5.91 Å². The van der Waals surface area contributed by atoms with E-state index in [9.17, 15) is 9.59 Å². The van der Waals surface area contributed by atoms with Gasteiger partial charge in [-0.1, -0.05) is 45.7 Å². The number of hydrogen-bond donors (Lipinski definition) is 0. The molecule has 1 aliphatic heterocycles. The number of nitrogens with zero attached hydrogens (tertiary/aromatic N) is 1. The Labute approximate surface area is 171 Å². The first-order valence-electron chi connectivity index (χ1n) is 8.38. The fourth-order valence-corrected chi connectivity index (χ4v) is 3.38. The monoisotopic (exact) mass is 445 g/mol. The summed E-state index contributed by atoms with van der Waals surface area (Å²) >= 11 is 9.63. The Morgan fingerprint density at radius 3 is 2.48 bits per heavy atom. The molecule has 0 aromatic heterocycles. The van der Waals surface area contributed by atoms with Gasteiger partial charge in [0, 0.05) is 20.9 Å². The van der Waals surface area contributed by atoms with Gasteiger partial charge in [-0.3, -0.25) is 9.69 Å². The summed E-state index contributed by atoms with van der Waals surface area (Å²) in [4.78, 5) is 27.3. The third kappa shape index (κ3) is 3.84. The summed E-state index contributed by atoms with van der Waals surface area (Å²) in [6.07, 6.45) is 1.64. The van der Waals surface area contributed by atoms with Gasteiger partial charge in [0.15, 0.2) is 0 Å². The largest absolute Gasteiger partial charge is 0.462 e. The van der Waals surface area contributed by atoms with Crippen LogP contribution in [-0.2, 0) is 14.3 Å². The number of ether oxygens (including phenoxy) is 1. The zero-order chi connectivity index (χ0) is 19.6. The zero-order valence-electron chi connectivity index (χ0n) is 14.8. The van der Waals surface area contributed by atoms with Crippen molar-refractivity contribution in [3.8, 4) is 0 Å². The number of hydrogen-bond acceptors (Lipinski definition) is 3. The second-order valence-electron chi connectivity index (χ2n) is 5.88. The van der Waals surface area contributed by atoms with Crippen LogP contribution in [0.4, 0.5) is 5.69 Å². The lowest BCUT2D eigenvalue weighted by atomic mass is 10.0. The van der Waals surface area contributed by atoms with E-state index >= 15 is 0 Å².